The number of rotatable bonds is 11. The van der Waals surface area contributed by atoms with Crippen molar-refractivity contribution in [2.75, 3.05) is 26.7 Å². The molecule has 1 atom stereocenters. The van der Waals surface area contributed by atoms with Crippen LogP contribution >= 0.6 is 0 Å². The Kier molecular flexibility index (Phi) is 9.55. The summed E-state index contributed by atoms with van der Waals surface area (Å²) in [6, 6.07) is 0. The lowest BCUT2D eigenvalue weighted by atomic mass is 9.89. The number of hydrogen-bond donors (Lipinski definition) is 2. The third-order valence-corrected chi connectivity index (χ3v) is 4.92. The number of amides is 1. The number of aromatic nitrogens is 3. The van der Waals surface area contributed by atoms with Gasteiger partial charge in [-0.2, -0.15) is 0 Å². The van der Waals surface area contributed by atoms with Gasteiger partial charge in [-0.1, -0.05) is 37.8 Å². The van der Waals surface area contributed by atoms with Gasteiger partial charge in [-0.15, -0.1) is 5.10 Å². The second-order valence-corrected chi connectivity index (χ2v) is 7.67. The fourth-order valence-corrected chi connectivity index (χ4v) is 3.51. The summed E-state index contributed by atoms with van der Waals surface area (Å²) >= 11 is 0. The molecule has 154 valence electrons. The standard InChI is InChI=1S/C19H35N5O3/c1-3-4-10-20-19(26)27-15-18(25)14-24-13-17(21-22-24)12-23(2)11-16-8-6-5-7-9-16/h13,16,18,25H,3-12,14-15H2,1-2H3,(H,20,26). The number of nitrogens with zero attached hydrogens (tertiary/aromatic N) is 4. The van der Waals surface area contributed by atoms with E-state index < -0.39 is 12.2 Å². The zero-order valence-electron chi connectivity index (χ0n) is 16.8. The van der Waals surface area contributed by atoms with E-state index in [1.54, 1.807) is 4.68 Å². The maximum absolute atomic E-state index is 11.5. The normalized spacial score (nSPS) is 16.4. The minimum atomic E-state index is -0.809. The molecule has 2 N–H and O–H groups in total. The van der Waals surface area contributed by atoms with Crippen molar-refractivity contribution in [3.05, 3.63) is 11.9 Å². The van der Waals surface area contributed by atoms with E-state index in [-0.39, 0.29) is 13.2 Å². The van der Waals surface area contributed by atoms with Crippen LogP contribution in [-0.4, -0.2) is 63.9 Å². The molecule has 0 aliphatic heterocycles. The summed E-state index contributed by atoms with van der Waals surface area (Å²) in [4.78, 5) is 13.8. The average Bonchev–Trinajstić information content (AvgIpc) is 3.07. The second kappa shape index (κ2) is 11.9. The van der Waals surface area contributed by atoms with Crippen LogP contribution in [0.15, 0.2) is 6.20 Å². The molecular formula is C19H35N5O3. The molecule has 8 nitrogen and oxygen atoms in total. The fraction of sp³-hybridized carbons (Fsp3) is 0.842. The van der Waals surface area contributed by atoms with Crippen LogP contribution in [0.25, 0.3) is 0 Å². The van der Waals surface area contributed by atoms with Crippen LogP contribution in [0.4, 0.5) is 4.79 Å². The van der Waals surface area contributed by atoms with Crippen molar-refractivity contribution in [1.82, 2.24) is 25.2 Å². The number of ether oxygens (including phenoxy) is 1. The number of nitrogens with one attached hydrogen (secondary N) is 1. The van der Waals surface area contributed by atoms with E-state index in [1.165, 1.54) is 32.1 Å². The molecule has 0 saturated heterocycles. The molecule has 1 unspecified atom stereocenters. The van der Waals surface area contributed by atoms with Crippen LogP contribution in [0.5, 0.6) is 0 Å². The van der Waals surface area contributed by atoms with Gasteiger partial charge in [0, 0.05) is 25.8 Å². The van der Waals surface area contributed by atoms with E-state index >= 15 is 0 Å². The highest BCUT2D eigenvalue weighted by molar-refractivity contribution is 5.67. The Hall–Kier alpha value is -1.67. The van der Waals surface area contributed by atoms with E-state index in [1.807, 2.05) is 6.20 Å². The van der Waals surface area contributed by atoms with E-state index in [9.17, 15) is 9.90 Å². The molecule has 27 heavy (non-hydrogen) atoms. The Morgan fingerprint density at radius 2 is 2.22 bits per heavy atom. The first-order chi connectivity index (χ1) is 13.1. The van der Waals surface area contributed by atoms with Crippen molar-refractivity contribution in [3.8, 4) is 0 Å². The molecule has 1 aliphatic carbocycles. The van der Waals surface area contributed by atoms with Crippen LogP contribution < -0.4 is 5.32 Å². The first kappa shape index (κ1) is 21.6. The lowest BCUT2D eigenvalue weighted by Gasteiger charge is -2.26. The van der Waals surface area contributed by atoms with Gasteiger partial charge in [0.25, 0.3) is 0 Å². The molecule has 1 heterocycles. The average molecular weight is 382 g/mol. The number of hydrogen-bond acceptors (Lipinski definition) is 6. The van der Waals surface area contributed by atoms with Gasteiger partial charge >= 0.3 is 6.09 Å². The molecule has 8 heteroatoms. The summed E-state index contributed by atoms with van der Waals surface area (Å²) in [6.07, 6.45) is 9.20. The van der Waals surface area contributed by atoms with Crippen LogP contribution in [-0.2, 0) is 17.8 Å². The van der Waals surface area contributed by atoms with E-state index in [2.05, 4.69) is 34.5 Å². The van der Waals surface area contributed by atoms with Gasteiger partial charge < -0.3 is 20.1 Å². The zero-order valence-corrected chi connectivity index (χ0v) is 16.8. The Morgan fingerprint density at radius 3 is 2.96 bits per heavy atom. The molecule has 1 aromatic heterocycles. The Morgan fingerprint density at radius 1 is 1.44 bits per heavy atom. The maximum atomic E-state index is 11.5. The minimum Gasteiger partial charge on any atom is -0.447 e. The largest absolute Gasteiger partial charge is 0.447 e. The van der Waals surface area contributed by atoms with Crippen molar-refractivity contribution in [2.45, 2.75) is 71.1 Å². The Balaban J connectivity index is 1.66. The summed E-state index contributed by atoms with van der Waals surface area (Å²) < 4.78 is 6.61. The van der Waals surface area contributed by atoms with Gasteiger partial charge in [-0.3, -0.25) is 0 Å². The van der Waals surface area contributed by atoms with Gasteiger partial charge in [0.05, 0.1) is 12.2 Å². The van der Waals surface area contributed by atoms with Gasteiger partial charge in [-0.25, -0.2) is 9.48 Å². The molecule has 1 amide bonds. The molecule has 1 saturated carbocycles. The van der Waals surface area contributed by atoms with Crippen molar-refractivity contribution < 1.29 is 14.6 Å². The Bertz CT molecular complexity index is 545. The van der Waals surface area contributed by atoms with Gasteiger partial charge in [0.15, 0.2) is 0 Å². The smallest absolute Gasteiger partial charge is 0.407 e. The van der Waals surface area contributed by atoms with Crippen LogP contribution in [0.2, 0.25) is 0 Å². The lowest BCUT2D eigenvalue weighted by Crippen LogP contribution is -2.30. The predicted molar refractivity (Wildman–Crippen MR) is 103 cm³/mol. The summed E-state index contributed by atoms with van der Waals surface area (Å²) in [5.41, 5.74) is 0.888. The van der Waals surface area contributed by atoms with E-state index in [0.29, 0.717) is 6.54 Å². The molecule has 2 rings (SSSR count). The second-order valence-electron chi connectivity index (χ2n) is 7.67. The third kappa shape index (κ3) is 8.71. The quantitative estimate of drug-likeness (QED) is 0.571. The van der Waals surface area contributed by atoms with Gasteiger partial charge in [0.2, 0.25) is 0 Å². The van der Waals surface area contributed by atoms with Crippen molar-refractivity contribution in [2.24, 2.45) is 5.92 Å². The first-order valence-electron chi connectivity index (χ1n) is 10.2. The lowest BCUT2D eigenvalue weighted by molar-refractivity contribution is 0.0563. The number of unbranched alkanes of at least 4 members (excludes halogenated alkanes) is 1. The molecule has 1 aromatic rings. The molecule has 0 aromatic carbocycles. The van der Waals surface area contributed by atoms with Crippen LogP contribution in [0, 0.1) is 5.92 Å². The summed E-state index contributed by atoms with van der Waals surface area (Å²) in [7, 11) is 2.12. The predicted octanol–water partition coefficient (Wildman–Crippen LogP) is 2.18. The zero-order chi connectivity index (χ0) is 19.5. The monoisotopic (exact) mass is 381 g/mol. The molecule has 0 radical (unpaired) electrons. The van der Waals surface area contributed by atoms with Crippen LogP contribution in [0.1, 0.15) is 57.6 Å². The first-order valence-corrected chi connectivity index (χ1v) is 10.2. The highest BCUT2D eigenvalue weighted by Crippen LogP contribution is 2.24. The summed E-state index contributed by atoms with van der Waals surface area (Å²) in [5, 5.41) is 20.9. The van der Waals surface area contributed by atoms with Gasteiger partial charge in [0.1, 0.15) is 12.7 Å². The number of alkyl carbamates (subject to hydrolysis) is 1. The summed E-state index contributed by atoms with van der Waals surface area (Å²) in [6.45, 7) is 4.68. The Labute approximate surface area is 162 Å². The highest BCUT2D eigenvalue weighted by atomic mass is 16.6. The number of carbonyl (C=O) groups is 1. The highest BCUT2D eigenvalue weighted by Gasteiger charge is 2.16. The molecular weight excluding hydrogens is 346 g/mol. The number of carbonyl (C=O) groups excluding carboxylic acids is 1. The minimum absolute atomic E-state index is 0.0608. The van der Waals surface area contributed by atoms with E-state index in [4.69, 9.17) is 4.74 Å². The fourth-order valence-electron chi connectivity index (χ4n) is 3.51. The number of aliphatic hydroxyl groups is 1. The SMILES string of the molecule is CCCCNC(=O)OCC(O)Cn1cc(CN(C)CC2CCCCC2)nn1. The summed E-state index contributed by atoms with van der Waals surface area (Å²) in [5.74, 6) is 0.793. The van der Waals surface area contributed by atoms with Crippen molar-refractivity contribution in [3.63, 3.8) is 0 Å². The van der Waals surface area contributed by atoms with Crippen molar-refractivity contribution >= 4 is 6.09 Å². The van der Waals surface area contributed by atoms with Crippen molar-refractivity contribution in [1.29, 1.82) is 0 Å². The van der Waals surface area contributed by atoms with Crippen LogP contribution in [0.3, 0.4) is 0 Å². The number of aliphatic hydroxyl groups excluding tert-OH is 1. The third-order valence-electron chi connectivity index (χ3n) is 4.92. The maximum Gasteiger partial charge on any atom is 0.407 e. The molecule has 0 bridgehead atoms. The molecule has 0 spiro atoms. The topological polar surface area (TPSA) is 92.5 Å². The molecule has 1 fully saturated rings. The molecule has 1 aliphatic rings. The van der Waals surface area contributed by atoms with E-state index in [0.717, 1.165) is 37.5 Å². The van der Waals surface area contributed by atoms with Gasteiger partial charge in [-0.05, 0) is 32.2 Å².